The molecule has 0 heterocycles. The van der Waals surface area contributed by atoms with Crippen molar-refractivity contribution in [3.8, 4) is 11.5 Å². The number of nitrogens with one attached hydrogen (secondary N) is 1. The molecule has 8 heteroatoms. The highest BCUT2D eigenvalue weighted by Gasteiger charge is 2.09. The molecule has 0 saturated carbocycles. The average Bonchev–Trinajstić information content (AvgIpc) is 2.66. The predicted molar refractivity (Wildman–Crippen MR) is 96.9 cm³/mol. The van der Waals surface area contributed by atoms with Gasteiger partial charge >= 0.3 is 0 Å². The SMILES string of the molecule is CCCOc1ccc(/C=N/NC(=O)c2ccc([N+](=O)[O-])cc2)cc1OC. The van der Waals surface area contributed by atoms with Crippen molar-refractivity contribution < 1.29 is 19.2 Å². The summed E-state index contributed by atoms with van der Waals surface area (Å²) in [6.45, 7) is 2.61. The van der Waals surface area contributed by atoms with Crippen LogP contribution < -0.4 is 14.9 Å². The van der Waals surface area contributed by atoms with Gasteiger partial charge in [0, 0.05) is 17.7 Å². The molecule has 26 heavy (non-hydrogen) atoms. The van der Waals surface area contributed by atoms with Gasteiger partial charge in [-0.3, -0.25) is 14.9 Å². The Morgan fingerprint density at radius 3 is 2.58 bits per heavy atom. The Morgan fingerprint density at radius 2 is 1.96 bits per heavy atom. The highest BCUT2D eigenvalue weighted by Crippen LogP contribution is 2.27. The summed E-state index contributed by atoms with van der Waals surface area (Å²) in [5.74, 6) is 0.747. The minimum Gasteiger partial charge on any atom is -0.493 e. The van der Waals surface area contributed by atoms with Crippen LogP contribution in [-0.2, 0) is 0 Å². The van der Waals surface area contributed by atoms with E-state index in [1.54, 1.807) is 25.3 Å². The summed E-state index contributed by atoms with van der Waals surface area (Å²) < 4.78 is 10.9. The van der Waals surface area contributed by atoms with Crippen molar-refractivity contribution >= 4 is 17.8 Å². The molecule has 0 aliphatic rings. The molecule has 0 aromatic heterocycles. The maximum Gasteiger partial charge on any atom is 0.271 e. The molecular formula is C18H19N3O5. The van der Waals surface area contributed by atoms with Gasteiger partial charge in [-0.05, 0) is 42.3 Å². The number of carbonyl (C=O) groups excluding carboxylic acids is 1. The number of benzene rings is 2. The Bertz CT molecular complexity index is 803. The van der Waals surface area contributed by atoms with Crippen LogP contribution in [0.4, 0.5) is 5.69 Å². The molecule has 136 valence electrons. The topological polar surface area (TPSA) is 103 Å². The highest BCUT2D eigenvalue weighted by molar-refractivity contribution is 5.95. The van der Waals surface area contributed by atoms with Crippen LogP contribution in [-0.4, -0.2) is 30.8 Å². The van der Waals surface area contributed by atoms with Crippen molar-refractivity contribution in [1.29, 1.82) is 0 Å². The molecule has 0 spiro atoms. The van der Waals surface area contributed by atoms with Crippen LogP contribution >= 0.6 is 0 Å². The van der Waals surface area contributed by atoms with Crippen LogP contribution in [0, 0.1) is 10.1 Å². The molecule has 0 bridgehead atoms. The van der Waals surface area contributed by atoms with Gasteiger partial charge in [0.2, 0.25) is 0 Å². The number of rotatable bonds is 8. The summed E-state index contributed by atoms with van der Waals surface area (Å²) in [6.07, 6.45) is 2.36. The van der Waals surface area contributed by atoms with Gasteiger partial charge in [0.05, 0.1) is 24.9 Å². The van der Waals surface area contributed by atoms with Gasteiger partial charge in [-0.2, -0.15) is 5.10 Å². The molecule has 0 radical (unpaired) electrons. The number of nitrogens with zero attached hydrogens (tertiary/aromatic N) is 2. The number of non-ortho nitro benzene ring substituents is 1. The first-order chi connectivity index (χ1) is 12.5. The van der Waals surface area contributed by atoms with Gasteiger partial charge in [-0.25, -0.2) is 5.43 Å². The molecule has 0 atom stereocenters. The van der Waals surface area contributed by atoms with Gasteiger partial charge in [-0.15, -0.1) is 0 Å². The molecule has 0 saturated heterocycles. The largest absolute Gasteiger partial charge is 0.493 e. The average molecular weight is 357 g/mol. The van der Waals surface area contributed by atoms with Gasteiger partial charge < -0.3 is 9.47 Å². The lowest BCUT2D eigenvalue weighted by Crippen LogP contribution is -2.17. The zero-order valence-corrected chi connectivity index (χ0v) is 14.5. The predicted octanol–water partition coefficient (Wildman–Crippen LogP) is 3.16. The van der Waals surface area contributed by atoms with Crippen LogP contribution in [0.15, 0.2) is 47.6 Å². The second-order valence-electron chi connectivity index (χ2n) is 5.26. The number of nitro groups is 1. The van der Waals surface area contributed by atoms with E-state index < -0.39 is 10.8 Å². The smallest absolute Gasteiger partial charge is 0.271 e. The molecule has 1 N–H and O–H groups in total. The minimum atomic E-state index is -0.527. The van der Waals surface area contributed by atoms with E-state index in [0.717, 1.165) is 12.0 Å². The van der Waals surface area contributed by atoms with Crippen LogP contribution in [0.25, 0.3) is 0 Å². The van der Waals surface area contributed by atoms with Crippen molar-refractivity contribution in [3.63, 3.8) is 0 Å². The number of methoxy groups -OCH3 is 1. The van der Waals surface area contributed by atoms with E-state index in [1.165, 1.54) is 30.5 Å². The van der Waals surface area contributed by atoms with E-state index in [0.29, 0.717) is 18.1 Å². The van der Waals surface area contributed by atoms with Gasteiger partial charge in [0.15, 0.2) is 11.5 Å². The quantitative estimate of drug-likeness (QED) is 0.444. The van der Waals surface area contributed by atoms with E-state index in [9.17, 15) is 14.9 Å². The number of amides is 1. The second kappa shape index (κ2) is 9.16. The number of carbonyl (C=O) groups is 1. The molecule has 0 aliphatic carbocycles. The fourth-order valence-corrected chi connectivity index (χ4v) is 2.06. The lowest BCUT2D eigenvalue weighted by atomic mass is 10.2. The zero-order chi connectivity index (χ0) is 18.9. The first kappa shape index (κ1) is 18.9. The Kier molecular flexibility index (Phi) is 6.67. The molecule has 1 amide bonds. The van der Waals surface area contributed by atoms with E-state index in [1.807, 2.05) is 6.92 Å². The Balaban J connectivity index is 2.00. The van der Waals surface area contributed by atoms with Crippen molar-refractivity contribution in [2.75, 3.05) is 13.7 Å². The second-order valence-corrected chi connectivity index (χ2v) is 5.26. The molecular weight excluding hydrogens is 338 g/mol. The third-order valence-electron chi connectivity index (χ3n) is 3.37. The highest BCUT2D eigenvalue weighted by atomic mass is 16.6. The van der Waals surface area contributed by atoms with Crippen LogP contribution in [0.3, 0.4) is 0 Å². The van der Waals surface area contributed by atoms with E-state index in [-0.39, 0.29) is 11.3 Å². The summed E-state index contributed by atoms with van der Waals surface area (Å²) >= 11 is 0. The van der Waals surface area contributed by atoms with E-state index >= 15 is 0 Å². The molecule has 2 aromatic carbocycles. The van der Waals surface area contributed by atoms with Gasteiger partial charge in [-0.1, -0.05) is 6.92 Å². The van der Waals surface area contributed by atoms with E-state index in [4.69, 9.17) is 9.47 Å². The van der Waals surface area contributed by atoms with Crippen LogP contribution in [0.5, 0.6) is 11.5 Å². The van der Waals surface area contributed by atoms with Gasteiger partial charge in [0.1, 0.15) is 0 Å². The Hall–Kier alpha value is -3.42. The third-order valence-corrected chi connectivity index (χ3v) is 3.37. The summed E-state index contributed by atoms with van der Waals surface area (Å²) in [4.78, 5) is 22.1. The maximum absolute atomic E-state index is 12.0. The Labute approximate surface area is 150 Å². The lowest BCUT2D eigenvalue weighted by Gasteiger charge is -2.10. The van der Waals surface area contributed by atoms with Crippen LogP contribution in [0.2, 0.25) is 0 Å². The molecule has 0 aliphatic heterocycles. The van der Waals surface area contributed by atoms with Crippen molar-refractivity contribution in [1.82, 2.24) is 5.43 Å². The summed E-state index contributed by atoms with van der Waals surface area (Å²) in [5.41, 5.74) is 3.28. The number of hydrogen-bond acceptors (Lipinski definition) is 6. The summed E-state index contributed by atoms with van der Waals surface area (Å²) in [6, 6.07) is 10.6. The normalized spacial score (nSPS) is 10.5. The number of nitro benzene ring substituents is 1. The number of ether oxygens (including phenoxy) is 2. The summed E-state index contributed by atoms with van der Waals surface area (Å²) in [7, 11) is 1.55. The minimum absolute atomic E-state index is 0.0810. The molecule has 0 unspecified atom stereocenters. The molecule has 0 fully saturated rings. The molecule has 8 nitrogen and oxygen atoms in total. The maximum atomic E-state index is 12.0. The fourth-order valence-electron chi connectivity index (χ4n) is 2.06. The number of hydrogen-bond donors (Lipinski definition) is 1. The standard InChI is InChI=1S/C18H19N3O5/c1-3-10-26-16-9-4-13(11-17(16)25-2)12-19-20-18(22)14-5-7-15(8-6-14)21(23)24/h4-9,11-12H,3,10H2,1-2H3,(H,20,22)/b19-12+. The first-order valence-corrected chi connectivity index (χ1v) is 7.94. The van der Waals surface area contributed by atoms with E-state index in [2.05, 4.69) is 10.5 Å². The zero-order valence-electron chi connectivity index (χ0n) is 14.5. The lowest BCUT2D eigenvalue weighted by molar-refractivity contribution is -0.384. The van der Waals surface area contributed by atoms with Crippen molar-refractivity contribution in [3.05, 3.63) is 63.7 Å². The fraction of sp³-hybridized carbons (Fsp3) is 0.222. The third kappa shape index (κ3) is 5.04. The monoisotopic (exact) mass is 357 g/mol. The van der Waals surface area contributed by atoms with Crippen molar-refractivity contribution in [2.45, 2.75) is 13.3 Å². The van der Waals surface area contributed by atoms with Crippen LogP contribution in [0.1, 0.15) is 29.3 Å². The first-order valence-electron chi connectivity index (χ1n) is 7.94. The molecule has 2 rings (SSSR count). The Morgan fingerprint density at radius 1 is 1.23 bits per heavy atom. The number of hydrazone groups is 1. The summed E-state index contributed by atoms with van der Waals surface area (Å²) in [5, 5.41) is 14.5. The van der Waals surface area contributed by atoms with Crippen molar-refractivity contribution in [2.24, 2.45) is 5.10 Å². The molecule has 2 aromatic rings. The van der Waals surface area contributed by atoms with Gasteiger partial charge in [0.25, 0.3) is 11.6 Å².